The van der Waals surface area contributed by atoms with Crippen LogP contribution in [0, 0.1) is 0 Å². The number of halogens is 1. The average molecular weight is 248 g/mol. The van der Waals surface area contributed by atoms with E-state index in [2.05, 4.69) is 4.98 Å². The van der Waals surface area contributed by atoms with Gasteiger partial charge in [0.2, 0.25) is 0 Å². The number of benzene rings is 1. The van der Waals surface area contributed by atoms with Crippen LogP contribution in [0.25, 0.3) is 0 Å². The summed E-state index contributed by atoms with van der Waals surface area (Å²) >= 11 is 5.96. The molecule has 3 rings (SSSR count). The Kier molecular flexibility index (Phi) is 2.31. The lowest BCUT2D eigenvalue weighted by Gasteiger charge is -2.21. The molecule has 0 saturated carbocycles. The van der Waals surface area contributed by atoms with Gasteiger partial charge in [0.25, 0.3) is 0 Å². The van der Waals surface area contributed by atoms with Crippen LogP contribution in [0.2, 0.25) is 5.02 Å². The zero-order valence-electron chi connectivity index (χ0n) is 8.93. The van der Waals surface area contributed by atoms with Crippen molar-refractivity contribution in [1.82, 2.24) is 4.98 Å². The molecule has 0 saturated heterocycles. The van der Waals surface area contributed by atoms with E-state index in [1.807, 2.05) is 0 Å². The van der Waals surface area contributed by atoms with Gasteiger partial charge >= 0.3 is 0 Å². The second-order valence-corrected chi connectivity index (χ2v) is 4.46. The van der Waals surface area contributed by atoms with Crippen molar-refractivity contribution in [3.05, 3.63) is 58.9 Å². The van der Waals surface area contributed by atoms with Crippen LogP contribution < -0.4 is 4.74 Å². The Balaban J connectivity index is 2.16. The van der Waals surface area contributed by atoms with Crippen LogP contribution in [-0.2, 0) is 5.60 Å². The molecule has 0 aliphatic carbocycles. The van der Waals surface area contributed by atoms with E-state index in [0.717, 1.165) is 5.56 Å². The van der Waals surface area contributed by atoms with Gasteiger partial charge in [-0.2, -0.15) is 0 Å². The molecule has 1 aliphatic rings. The first-order valence-electron chi connectivity index (χ1n) is 5.26. The molecule has 0 bridgehead atoms. The van der Waals surface area contributed by atoms with E-state index < -0.39 is 5.60 Å². The van der Waals surface area contributed by atoms with Crippen LogP contribution in [0.4, 0.5) is 0 Å². The summed E-state index contributed by atoms with van der Waals surface area (Å²) in [4.78, 5) is 3.94. The molecular formula is C13H10ClNO2. The average Bonchev–Trinajstić information content (AvgIpc) is 2.70. The zero-order chi connectivity index (χ0) is 11.9. The Morgan fingerprint density at radius 1 is 1.24 bits per heavy atom. The highest BCUT2D eigenvalue weighted by Gasteiger charge is 2.40. The minimum Gasteiger partial charge on any atom is -0.489 e. The van der Waals surface area contributed by atoms with E-state index in [4.69, 9.17) is 16.3 Å². The number of fused-ring (bicyclic) bond motifs is 1. The predicted octanol–water partition coefficient (Wildman–Crippen LogP) is 2.36. The summed E-state index contributed by atoms with van der Waals surface area (Å²) in [6.45, 7) is 0.201. The molecule has 2 aromatic rings. The topological polar surface area (TPSA) is 42.4 Å². The van der Waals surface area contributed by atoms with E-state index in [0.29, 0.717) is 16.3 Å². The molecule has 0 fully saturated rings. The van der Waals surface area contributed by atoms with Crippen molar-refractivity contribution in [3.8, 4) is 5.75 Å². The standard InChI is InChI=1S/C13H10ClNO2/c14-10-1-2-12-11(7-10)13(16,8-17-12)9-3-5-15-6-4-9/h1-7,16H,8H2. The Labute approximate surface area is 104 Å². The second-order valence-electron chi connectivity index (χ2n) is 4.03. The van der Waals surface area contributed by atoms with Crippen LogP contribution in [0.15, 0.2) is 42.7 Å². The van der Waals surface area contributed by atoms with Crippen molar-refractivity contribution in [3.63, 3.8) is 0 Å². The number of hydrogen-bond acceptors (Lipinski definition) is 3. The van der Waals surface area contributed by atoms with E-state index in [1.165, 1.54) is 0 Å². The van der Waals surface area contributed by atoms with Gasteiger partial charge in [0.1, 0.15) is 12.4 Å². The Bertz CT molecular complexity index is 559. The van der Waals surface area contributed by atoms with Gasteiger partial charge < -0.3 is 9.84 Å². The fourth-order valence-electron chi connectivity index (χ4n) is 2.08. The van der Waals surface area contributed by atoms with Crippen LogP contribution in [-0.4, -0.2) is 16.7 Å². The molecule has 1 aromatic carbocycles. The van der Waals surface area contributed by atoms with Crippen LogP contribution >= 0.6 is 11.6 Å². The predicted molar refractivity (Wildman–Crippen MR) is 64.2 cm³/mol. The summed E-state index contributed by atoms with van der Waals surface area (Å²) in [6, 6.07) is 8.82. The zero-order valence-corrected chi connectivity index (χ0v) is 9.69. The van der Waals surface area contributed by atoms with E-state index in [-0.39, 0.29) is 6.61 Å². The minimum atomic E-state index is -1.14. The summed E-state index contributed by atoms with van der Waals surface area (Å²) in [6.07, 6.45) is 3.30. The maximum absolute atomic E-state index is 10.7. The van der Waals surface area contributed by atoms with Gasteiger partial charge in [0.15, 0.2) is 5.60 Å². The van der Waals surface area contributed by atoms with E-state index in [1.54, 1.807) is 42.7 Å². The molecule has 2 heterocycles. The maximum atomic E-state index is 10.7. The number of aromatic nitrogens is 1. The molecule has 1 unspecified atom stereocenters. The molecule has 0 spiro atoms. The summed E-state index contributed by atoms with van der Waals surface area (Å²) in [5.74, 6) is 0.675. The molecule has 0 amide bonds. The van der Waals surface area contributed by atoms with Gasteiger partial charge in [-0.05, 0) is 35.9 Å². The number of nitrogens with zero attached hydrogens (tertiary/aromatic N) is 1. The molecule has 1 atom stereocenters. The third-order valence-corrected chi connectivity index (χ3v) is 3.22. The molecule has 1 aromatic heterocycles. The fourth-order valence-corrected chi connectivity index (χ4v) is 2.25. The first-order chi connectivity index (χ1) is 8.20. The molecule has 1 N–H and O–H groups in total. The fraction of sp³-hybridized carbons (Fsp3) is 0.154. The van der Waals surface area contributed by atoms with Gasteiger partial charge in [0, 0.05) is 23.0 Å². The summed E-state index contributed by atoms with van der Waals surface area (Å²) in [7, 11) is 0. The van der Waals surface area contributed by atoms with E-state index >= 15 is 0 Å². The SMILES string of the molecule is OC1(c2ccncc2)COc2ccc(Cl)cc21. The number of rotatable bonds is 1. The quantitative estimate of drug-likeness (QED) is 0.841. The largest absolute Gasteiger partial charge is 0.489 e. The van der Waals surface area contributed by atoms with Gasteiger partial charge in [-0.1, -0.05) is 11.6 Å². The van der Waals surface area contributed by atoms with Gasteiger partial charge in [-0.3, -0.25) is 4.98 Å². The Morgan fingerprint density at radius 2 is 2.00 bits per heavy atom. The lowest BCUT2D eigenvalue weighted by molar-refractivity contribution is 0.0559. The Hall–Kier alpha value is -1.58. The molecule has 86 valence electrons. The molecule has 1 aliphatic heterocycles. The first-order valence-corrected chi connectivity index (χ1v) is 5.64. The lowest BCUT2D eigenvalue weighted by atomic mass is 9.89. The molecule has 17 heavy (non-hydrogen) atoms. The third-order valence-electron chi connectivity index (χ3n) is 2.98. The third kappa shape index (κ3) is 1.59. The van der Waals surface area contributed by atoms with Crippen molar-refractivity contribution in [2.75, 3.05) is 6.61 Å². The lowest BCUT2D eigenvalue weighted by Crippen LogP contribution is -2.28. The van der Waals surface area contributed by atoms with Crippen LogP contribution in [0.5, 0.6) is 5.75 Å². The first kappa shape index (κ1) is 10.6. The second kappa shape index (κ2) is 3.72. The highest BCUT2D eigenvalue weighted by molar-refractivity contribution is 6.30. The van der Waals surface area contributed by atoms with Gasteiger partial charge in [0.05, 0.1) is 0 Å². The highest BCUT2D eigenvalue weighted by Crippen LogP contribution is 2.42. The van der Waals surface area contributed by atoms with Crippen LogP contribution in [0.1, 0.15) is 11.1 Å². The molecule has 3 nitrogen and oxygen atoms in total. The number of pyridine rings is 1. The molecular weight excluding hydrogens is 238 g/mol. The normalized spacial score (nSPS) is 22.0. The van der Waals surface area contributed by atoms with Crippen molar-refractivity contribution in [1.29, 1.82) is 0 Å². The number of hydrogen-bond donors (Lipinski definition) is 1. The monoisotopic (exact) mass is 247 g/mol. The van der Waals surface area contributed by atoms with Crippen molar-refractivity contribution < 1.29 is 9.84 Å². The summed E-state index contributed by atoms with van der Waals surface area (Å²) in [5, 5.41) is 11.3. The molecule has 0 radical (unpaired) electrons. The van der Waals surface area contributed by atoms with Gasteiger partial charge in [-0.25, -0.2) is 0 Å². The smallest absolute Gasteiger partial charge is 0.152 e. The minimum absolute atomic E-state index is 0.201. The van der Waals surface area contributed by atoms with E-state index in [9.17, 15) is 5.11 Å². The van der Waals surface area contributed by atoms with Crippen molar-refractivity contribution in [2.24, 2.45) is 0 Å². The Morgan fingerprint density at radius 3 is 2.76 bits per heavy atom. The summed E-state index contributed by atoms with van der Waals surface area (Å²) < 4.78 is 5.49. The number of aliphatic hydroxyl groups is 1. The van der Waals surface area contributed by atoms with Crippen molar-refractivity contribution >= 4 is 11.6 Å². The summed E-state index contributed by atoms with van der Waals surface area (Å²) in [5.41, 5.74) is 0.327. The number of ether oxygens (including phenoxy) is 1. The van der Waals surface area contributed by atoms with Gasteiger partial charge in [-0.15, -0.1) is 0 Å². The maximum Gasteiger partial charge on any atom is 0.152 e. The molecule has 4 heteroatoms. The van der Waals surface area contributed by atoms with Crippen LogP contribution in [0.3, 0.4) is 0 Å². The van der Waals surface area contributed by atoms with Crippen molar-refractivity contribution in [2.45, 2.75) is 5.60 Å². The highest BCUT2D eigenvalue weighted by atomic mass is 35.5.